The molecule has 0 radical (unpaired) electrons. The highest BCUT2D eigenvalue weighted by atomic mass is 79.9. The summed E-state index contributed by atoms with van der Waals surface area (Å²) >= 11 is 9.39. The van der Waals surface area contributed by atoms with Gasteiger partial charge in [-0.1, -0.05) is 17.7 Å². The Labute approximate surface area is 136 Å². The molecule has 1 aliphatic heterocycles. The maximum Gasteiger partial charge on any atom is 0.308 e. The first-order valence-corrected chi connectivity index (χ1v) is 8.15. The number of halogens is 2. The summed E-state index contributed by atoms with van der Waals surface area (Å²) in [7, 11) is 0. The number of carbonyl (C=O) groups is 2. The highest BCUT2D eigenvalue weighted by Gasteiger charge is 2.46. The van der Waals surface area contributed by atoms with Crippen molar-refractivity contribution < 1.29 is 14.7 Å². The molecule has 0 bridgehead atoms. The Hall–Kier alpha value is -1.07. The molecule has 1 heterocycles. The van der Waals surface area contributed by atoms with E-state index in [1.165, 1.54) is 0 Å². The van der Waals surface area contributed by atoms with Gasteiger partial charge in [0.05, 0.1) is 17.0 Å². The average Bonchev–Trinajstić information content (AvgIpc) is 3.25. The van der Waals surface area contributed by atoms with E-state index >= 15 is 0 Å². The van der Waals surface area contributed by atoms with Crippen molar-refractivity contribution in [1.29, 1.82) is 0 Å². The van der Waals surface area contributed by atoms with Crippen LogP contribution in [0.1, 0.15) is 37.3 Å². The molecule has 112 valence electrons. The number of carboxylic acid groups (broad SMARTS) is 1. The fourth-order valence-electron chi connectivity index (χ4n) is 3.05. The number of carbonyl (C=O) groups excluding carboxylic acids is 1. The third-order valence-electron chi connectivity index (χ3n) is 4.18. The molecule has 1 N–H and O–H groups in total. The van der Waals surface area contributed by atoms with Crippen molar-refractivity contribution >= 4 is 39.4 Å². The Kier molecular flexibility index (Phi) is 3.97. The molecular formula is C15H15BrClNO3. The Balaban J connectivity index is 2.03. The summed E-state index contributed by atoms with van der Waals surface area (Å²) < 4.78 is 0.722. The zero-order chi connectivity index (χ0) is 15.1. The van der Waals surface area contributed by atoms with E-state index in [1.807, 2.05) is 12.1 Å². The van der Waals surface area contributed by atoms with Crippen molar-refractivity contribution in [1.82, 2.24) is 4.90 Å². The number of likely N-dealkylation sites (tertiary alicyclic amines) is 1. The minimum atomic E-state index is -0.843. The van der Waals surface area contributed by atoms with Crippen LogP contribution in [-0.2, 0) is 9.59 Å². The summed E-state index contributed by atoms with van der Waals surface area (Å²) in [5.74, 6) is -1.34. The number of aliphatic carboxylic acids is 1. The van der Waals surface area contributed by atoms with Crippen LogP contribution >= 0.6 is 27.5 Å². The maximum absolute atomic E-state index is 12.3. The molecule has 2 unspecified atom stereocenters. The number of benzene rings is 1. The predicted octanol–water partition coefficient (Wildman–Crippen LogP) is 3.63. The van der Waals surface area contributed by atoms with Crippen LogP contribution in [0.4, 0.5) is 0 Å². The van der Waals surface area contributed by atoms with E-state index in [9.17, 15) is 14.7 Å². The second-order valence-electron chi connectivity index (χ2n) is 5.63. The van der Waals surface area contributed by atoms with Gasteiger partial charge in [-0.15, -0.1) is 0 Å². The lowest BCUT2D eigenvalue weighted by atomic mass is 9.84. The van der Waals surface area contributed by atoms with Crippen molar-refractivity contribution in [2.24, 2.45) is 5.92 Å². The van der Waals surface area contributed by atoms with E-state index < -0.39 is 17.9 Å². The van der Waals surface area contributed by atoms with E-state index in [2.05, 4.69) is 15.9 Å². The van der Waals surface area contributed by atoms with Crippen molar-refractivity contribution in [2.45, 2.75) is 37.8 Å². The number of carboxylic acids is 1. The first-order chi connectivity index (χ1) is 9.99. The molecule has 21 heavy (non-hydrogen) atoms. The largest absolute Gasteiger partial charge is 0.481 e. The molecule has 2 fully saturated rings. The molecule has 3 rings (SSSR count). The molecule has 1 amide bonds. The highest BCUT2D eigenvalue weighted by molar-refractivity contribution is 9.10. The summed E-state index contributed by atoms with van der Waals surface area (Å²) in [5.41, 5.74) is 0.832. The van der Waals surface area contributed by atoms with E-state index in [-0.39, 0.29) is 11.9 Å². The van der Waals surface area contributed by atoms with Crippen LogP contribution in [0, 0.1) is 5.92 Å². The van der Waals surface area contributed by atoms with E-state index in [4.69, 9.17) is 11.6 Å². The van der Waals surface area contributed by atoms with Crippen LogP contribution in [0.3, 0.4) is 0 Å². The molecule has 2 aliphatic rings. The Morgan fingerprint density at radius 1 is 1.33 bits per heavy atom. The summed E-state index contributed by atoms with van der Waals surface area (Å²) in [6.07, 6.45) is 2.63. The van der Waals surface area contributed by atoms with Gasteiger partial charge in [0.15, 0.2) is 0 Å². The molecule has 0 aromatic heterocycles. The normalized spacial score (nSPS) is 26.0. The molecule has 6 heteroatoms. The number of hydrogen-bond donors (Lipinski definition) is 1. The summed E-state index contributed by atoms with van der Waals surface area (Å²) in [6.45, 7) is 0. The minimum absolute atomic E-state index is 0.0612. The lowest BCUT2D eigenvalue weighted by Crippen LogP contribution is -2.46. The number of amides is 1. The molecule has 1 aromatic rings. The van der Waals surface area contributed by atoms with Crippen LogP contribution in [0.2, 0.25) is 5.02 Å². The van der Waals surface area contributed by atoms with Crippen molar-refractivity contribution in [3.05, 3.63) is 33.3 Å². The zero-order valence-corrected chi connectivity index (χ0v) is 13.6. The number of hydrogen-bond acceptors (Lipinski definition) is 2. The summed E-state index contributed by atoms with van der Waals surface area (Å²) in [5, 5.41) is 10.1. The molecule has 2 atom stereocenters. The third-order valence-corrected chi connectivity index (χ3v) is 5.39. The Morgan fingerprint density at radius 2 is 2.05 bits per heavy atom. The quantitative estimate of drug-likeness (QED) is 0.881. The topological polar surface area (TPSA) is 57.6 Å². The van der Waals surface area contributed by atoms with Gasteiger partial charge in [0.1, 0.15) is 0 Å². The standard InChI is InChI=1S/C15H15BrClNO3/c16-11-7-8(1-5-12(11)17)14-10(15(20)21)4-6-13(19)18(14)9-2-3-9/h1,5,7,9-10,14H,2-4,6H2,(H,20,21). The SMILES string of the molecule is O=C(O)C1CCC(=O)N(C2CC2)C1c1ccc(Cl)c(Br)c1. The fraction of sp³-hybridized carbons (Fsp3) is 0.467. The van der Waals surface area contributed by atoms with Gasteiger partial charge in [-0.25, -0.2) is 0 Å². The zero-order valence-electron chi connectivity index (χ0n) is 11.3. The average molecular weight is 373 g/mol. The molecule has 4 nitrogen and oxygen atoms in total. The highest BCUT2D eigenvalue weighted by Crippen LogP contribution is 2.44. The van der Waals surface area contributed by atoms with Gasteiger partial charge in [-0.3, -0.25) is 9.59 Å². The van der Waals surface area contributed by atoms with Crippen molar-refractivity contribution in [2.75, 3.05) is 0 Å². The molecule has 1 aromatic carbocycles. The molecule has 1 saturated carbocycles. The van der Waals surface area contributed by atoms with Crippen LogP contribution in [-0.4, -0.2) is 27.9 Å². The molecule has 1 saturated heterocycles. The molecular weight excluding hydrogens is 358 g/mol. The minimum Gasteiger partial charge on any atom is -0.481 e. The fourth-order valence-corrected chi connectivity index (χ4v) is 3.56. The van der Waals surface area contributed by atoms with Gasteiger partial charge in [0.2, 0.25) is 5.91 Å². The molecule has 0 spiro atoms. The van der Waals surface area contributed by atoms with Gasteiger partial charge in [-0.05, 0) is 52.9 Å². The van der Waals surface area contributed by atoms with E-state index in [0.29, 0.717) is 17.9 Å². The van der Waals surface area contributed by atoms with Gasteiger partial charge < -0.3 is 10.0 Å². The summed E-state index contributed by atoms with van der Waals surface area (Å²) in [4.78, 5) is 25.7. The van der Waals surface area contributed by atoms with Gasteiger partial charge >= 0.3 is 5.97 Å². The van der Waals surface area contributed by atoms with Gasteiger partial charge in [-0.2, -0.15) is 0 Å². The van der Waals surface area contributed by atoms with Crippen LogP contribution < -0.4 is 0 Å². The Bertz CT molecular complexity index is 603. The first-order valence-electron chi connectivity index (χ1n) is 6.98. The smallest absolute Gasteiger partial charge is 0.308 e. The Morgan fingerprint density at radius 3 is 2.62 bits per heavy atom. The molecule has 1 aliphatic carbocycles. The second-order valence-corrected chi connectivity index (χ2v) is 6.90. The monoisotopic (exact) mass is 371 g/mol. The van der Waals surface area contributed by atoms with Crippen LogP contribution in [0.5, 0.6) is 0 Å². The number of rotatable bonds is 3. The van der Waals surface area contributed by atoms with Crippen LogP contribution in [0.15, 0.2) is 22.7 Å². The third kappa shape index (κ3) is 2.81. The predicted molar refractivity (Wildman–Crippen MR) is 82.1 cm³/mol. The first kappa shape index (κ1) is 14.9. The van der Waals surface area contributed by atoms with Crippen molar-refractivity contribution in [3.63, 3.8) is 0 Å². The van der Waals surface area contributed by atoms with E-state index in [1.54, 1.807) is 11.0 Å². The van der Waals surface area contributed by atoms with Gasteiger partial charge in [0, 0.05) is 16.9 Å². The lowest BCUT2D eigenvalue weighted by molar-refractivity contribution is -0.152. The van der Waals surface area contributed by atoms with Crippen molar-refractivity contribution in [3.8, 4) is 0 Å². The van der Waals surface area contributed by atoms with Gasteiger partial charge in [0.25, 0.3) is 0 Å². The summed E-state index contributed by atoms with van der Waals surface area (Å²) in [6, 6.07) is 5.19. The number of piperidine rings is 1. The maximum atomic E-state index is 12.3. The lowest BCUT2D eigenvalue weighted by Gasteiger charge is -2.40. The van der Waals surface area contributed by atoms with Crippen LogP contribution in [0.25, 0.3) is 0 Å². The second kappa shape index (κ2) is 5.61. The van der Waals surface area contributed by atoms with E-state index in [0.717, 1.165) is 22.9 Å². The number of nitrogens with zero attached hydrogens (tertiary/aromatic N) is 1.